The maximum Gasteiger partial charge on any atom is 0.0505 e. The lowest BCUT2D eigenvalue weighted by Crippen LogP contribution is -1.84. The van der Waals surface area contributed by atoms with Gasteiger partial charge in [0.15, 0.2) is 0 Å². The van der Waals surface area contributed by atoms with Gasteiger partial charge in [-0.05, 0) is 37.1 Å². The number of para-hydroxylation sites is 2. The third-order valence-electron chi connectivity index (χ3n) is 4.91. The molecular formula is C20H16N2. The minimum atomic E-state index is 1.21. The summed E-state index contributed by atoms with van der Waals surface area (Å²) in [6.07, 6.45) is 0. The van der Waals surface area contributed by atoms with Gasteiger partial charge >= 0.3 is 0 Å². The van der Waals surface area contributed by atoms with Crippen molar-refractivity contribution in [2.45, 2.75) is 13.8 Å². The highest BCUT2D eigenvalue weighted by atomic mass is 14.7. The number of fused-ring (bicyclic) bond motifs is 6. The first-order valence-corrected chi connectivity index (χ1v) is 7.65. The topological polar surface area (TPSA) is 31.6 Å². The summed E-state index contributed by atoms with van der Waals surface area (Å²) in [5.41, 5.74) is 7.58. The lowest BCUT2D eigenvalue weighted by atomic mass is 9.98. The van der Waals surface area contributed by atoms with Gasteiger partial charge in [-0.1, -0.05) is 36.4 Å². The molecule has 0 bridgehead atoms. The number of benzene rings is 3. The van der Waals surface area contributed by atoms with E-state index in [4.69, 9.17) is 0 Å². The summed E-state index contributed by atoms with van der Waals surface area (Å²) in [6, 6.07) is 17.1. The van der Waals surface area contributed by atoms with Crippen molar-refractivity contribution in [1.82, 2.24) is 9.97 Å². The van der Waals surface area contributed by atoms with E-state index in [0.717, 1.165) is 0 Å². The molecule has 22 heavy (non-hydrogen) atoms. The number of H-pyrrole nitrogens is 2. The maximum atomic E-state index is 3.62. The van der Waals surface area contributed by atoms with Crippen molar-refractivity contribution in [1.29, 1.82) is 0 Å². The lowest BCUT2D eigenvalue weighted by Gasteiger charge is -2.05. The smallest absolute Gasteiger partial charge is 0.0505 e. The van der Waals surface area contributed by atoms with E-state index in [1.54, 1.807) is 0 Å². The van der Waals surface area contributed by atoms with Crippen LogP contribution in [-0.2, 0) is 0 Å². The third kappa shape index (κ3) is 1.30. The van der Waals surface area contributed by atoms with E-state index < -0.39 is 0 Å². The fraction of sp³-hybridized carbons (Fsp3) is 0.100. The van der Waals surface area contributed by atoms with Gasteiger partial charge in [0.2, 0.25) is 0 Å². The van der Waals surface area contributed by atoms with Crippen molar-refractivity contribution in [3.63, 3.8) is 0 Å². The molecule has 0 radical (unpaired) electrons. The number of aryl methyl sites for hydroxylation is 2. The third-order valence-corrected chi connectivity index (χ3v) is 4.91. The Morgan fingerprint density at radius 1 is 0.591 bits per heavy atom. The van der Waals surface area contributed by atoms with Crippen LogP contribution in [0.2, 0.25) is 0 Å². The minimum Gasteiger partial charge on any atom is -0.354 e. The van der Waals surface area contributed by atoms with E-state index >= 15 is 0 Å². The lowest BCUT2D eigenvalue weighted by molar-refractivity contribution is 1.45. The summed E-state index contributed by atoms with van der Waals surface area (Å²) in [5, 5.41) is 5.29. The normalized spacial score (nSPS) is 12.1. The molecule has 2 heteroatoms. The molecule has 3 aromatic carbocycles. The molecule has 0 unspecified atom stereocenters. The van der Waals surface area contributed by atoms with Crippen LogP contribution in [-0.4, -0.2) is 9.97 Å². The number of aromatic nitrogens is 2. The van der Waals surface area contributed by atoms with Gasteiger partial charge in [0.1, 0.15) is 0 Å². The predicted molar refractivity (Wildman–Crippen MR) is 94.6 cm³/mol. The van der Waals surface area contributed by atoms with Crippen molar-refractivity contribution in [3.05, 3.63) is 59.7 Å². The van der Waals surface area contributed by atoms with Gasteiger partial charge in [-0.25, -0.2) is 0 Å². The molecule has 0 fully saturated rings. The number of aromatic amines is 2. The van der Waals surface area contributed by atoms with Gasteiger partial charge in [0.25, 0.3) is 0 Å². The number of rotatable bonds is 0. The fourth-order valence-corrected chi connectivity index (χ4v) is 3.88. The van der Waals surface area contributed by atoms with E-state index in [2.05, 4.69) is 72.3 Å². The Hall–Kier alpha value is -2.74. The van der Waals surface area contributed by atoms with Crippen LogP contribution in [0, 0.1) is 13.8 Å². The van der Waals surface area contributed by atoms with Crippen LogP contribution in [0.3, 0.4) is 0 Å². The molecule has 2 heterocycles. The molecule has 0 saturated carbocycles. The highest BCUT2D eigenvalue weighted by Crippen LogP contribution is 2.39. The maximum absolute atomic E-state index is 3.62. The average Bonchev–Trinajstić information content (AvgIpc) is 3.12. The molecule has 0 aliphatic carbocycles. The largest absolute Gasteiger partial charge is 0.354 e. The van der Waals surface area contributed by atoms with Crippen LogP contribution in [0.1, 0.15) is 11.1 Å². The van der Waals surface area contributed by atoms with Gasteiger partial charge in [0.05, 0.1) is 11.0 Å². The number of hydrogen-bond donors (Lipinski definition) is 2. The standard InChI is InChI=1S/C20H16N2/c1-11-17-13-7-3-5-9-15(13)22-20(17)12(2)18-14-8-4-6-10-16(14)21-19(11)18/h3-10,21-22H,1-2H3. The predicted octanol–water partition coefficient (Wildman–Crippen LogP) is 5.57. The monoisotopic (exact) mass is 284 g/mol. The van der Waals surface area contributed by atoms with Crippen LogP contribution < -0.4 is 0 Å². The molecule has 0 aliphatic rings. The Bertz CT molecular complexity index is 1090. The van der Waals surface area contributed by atoms with Gasteiger partial charge in [0, 0.05) is 32.6 Å². The van der Waals surface area contributed by atoms with E-state index in [1.807, 2.05) is 0 Å². The minimum absolute atomic E-state index is 1.21. The second-order valence-corrected chi connectivity index (χ2v) is 6.09. The molecule has 106 valence electrons. The fourth-order valence-electron chi connectivity index (χ4n) is 3.88. The summed E-state index contributed by atoms with van der Waals surface area (Å²) >= 11 is 0. The quantitative estimate of drug-likeness (QED) is 0.372. The molecule has 0 saturated heterocycles. The summed E-state index contributed by atoms with van der Waals surface area (Å²) in [5.74, 6) is 0. The molecular weight excluding hydrogens is 268 g/mol. The molecule has 5 aromatic rings. The molecule has 0 atom stereocenters. The summed E-state index contributed by atoms with van der Waals surface area (Å²) < 4.78 is 0. The number of nitrogens with one attached hydrogen (secondary N) is 2. The second-order valence-electron chi connectivity index (χ2n) is 6.09. The van der Waals surface area contributed by atoms with Crippen molar-refractivity contribution in [3.8, 4) is 0 Å². The van der Waals surface area contributed by atoms with Crippen LogP contribution in [0.5, 0.6) is 0 Å². The molecule has 0 spiro atoms. The van der Waals surface area contributed by atoms with Crippen molar-refractivity contribution >= 4 is 43.6 Å². The highest BCUT2D eigenvalue weighted by Gasteiger charge is 2.16. The van der Waals surface area contributed by atoms with E-state index in [-0.39, 0.29) is 0 Å². The molecule has 5 rings (SSSR count). The molecule has 0 amide bonds. The zero-order valence-electron chi connectivity index (χ0n) is 12.6. The number of hydrogen-bond acceptors (Lipinski definition) is 0. The molecule has 2 N–H and O–H groups in total. The Balaban J connectivity index is 2.15. The van der Waals surface area contributed by atoms with Crippen LogP contribution in [0.4, 0.5) is 0 Å². The first-order valence-electron chi connectivity index (χ1n) is 7.65. The van der Waals surface area contributed by atoms with Gasteiger partial charge in [-0.3, -0.25) is 0 Å². The van der Waals surface area contributed by atoms with Gasteiger partial charge in [-0.15, -0.1) is 0 Å². The van der Waals surface area contributed by atoms with E-state index in [1.165, 1.54) is 54.7 Å². The second kappa shape index (κ2) is 3.92. The summed E-state index contributed by atoms with van der Waals surface area (Å²) in [4.78, 5) is 7.24. The van der Waals surface area contributed by atoms with Crippen molar-refractivity contribution in [2.75, 3.05) is 0 Å². The van der Waals surface area contributed by atoms with Gasteiger partial charge < -0.3 is 9.97 Å². The molecule has 0 aliphatic heterocycles. The Morgan fingerprint density at radius 3 is 1.45 bits per heavy atom. The van der Waals surface area contributed by atoms with E-state index in [0.29, 0.717) is 0 Å². The molecule has 2 aromatic heterocycles. The van der Waals surface area contributed by atoms with Crippen LogP contribution in [0.25, 0.3) is 43.6 Å². The van der Waals surface area contributed by atoms with Gasteiger partial charge in [-0.2, -0.15) is 0 Å². The summed E-state index contributed by atoms with van der Waals surface area (Å²) in [6.45, 7) is 4.44. The first kappa shape index (κ1) is 11.9. The van der Waals surface area contributed by atoms with Crippen LogP contribution >= 0.6 is 0 Å². The Kier molecular flexibility index (Phi) is 2.11. The zero-order valence-corrected chi connectivity index (χ0v) is 12.6. The summed E-state index contributed by atoms with van der Waals surface area (Å²) in [7, 11) is 0. The zero-order chi connectivity index (χ0) is 14.8. The SMILES string of the molecule is Cc1c2[nH]c3ccccc3c2c(C)c2[nH]c3ccccc3c12. The van der Waals surface area contributed by atoms with Crippen molar-refractivity contribution < 1.29 is 0 Å². The van der Waals surface area contributed by atoms with Crippen LogP contribution in [0.15, 0.2) is 48.5 Å². The first-order chi connectivity index (χ1) is 10.8. The van der Waals surface area contributed by atoms with Crippen molar-refractivity contribution in [2.24, 2.45) is 0 Å². The van der Waals surface area contributed by atoms with E-state index in [9.17, 15) is 0 Å². The Morgan fingerprint density at radius 2 is 1.00 bits per heavy atom. The average molecular weight is 284 g/mol. The Labute approximate surface area is 127 Å². The molecule has 2 nitrogen and oxygen atoms in total. The highest BCUT2D eigenvalue weighted by molar-refractivity contribution is 6.21.